The zero-order chi connectivity index (χ0) is 11.9. The Hall–Kier alpha value is -1.17. The Labute approximate surface area is 83.6 Å². The van der Waals surface area contributed by atoms with Gasteiger partial charge in [-0.25, -0.2) is 4.98 Å². The Bertz CT molecular complexity index is 367. The van der Waals surface area contributed by atoms with Crippen LogP contribution in [0, 0.1) is 5.95 Å². The number of pyridine rings is 1. The summed E-state index contributed by atoms with van der Waals surface area (Å²) < 4.78 is 49.7. The van der Waals surface area contributed by atoms with E-state index in [0.717, 1.165) is 0 Å². The summed E-state index contributed by atoms with van der Waals surface area (Å²) in [5.41, 5.74) is -3.25. The van der Waals surface area contributed by atoms with Gasteiger partial charge in [-0.3, -0.25) is 0 Å². The lowest BCUT2D eigenvalue weighted by Crippen LogP contribution is -2.20. The fourth-order valence-electron chi connectivity index (χ4n) is 1.03. The normalized spacial score (nSPS) is 13.0. The van der Waals surface area contributed by atoms with Gasteiger partial charge in [0.25, 0.3) is 0 Å². The van der Waals surface area contributed by atoms with Gasteiger partial charge in [0, 0.05) is 11.8 Å². The van der Waals surface area contributed by atoms with Gasteiger partial charge in [0.15, 0.2) is 0 Å². The van der Waals surface area contributed by atoms with Crippen molar-refractivity contribution in [1.82, 2.24) is 4.98 Å². The van der Waals surface area contributed by atoms with Gasteiger partial charge < -0.3 is 5.11 Å². The molecule has 1 heterocycles. The Kier molecular flexibility index (Phi) is 2.73. The zero-order valence-electron chi connectivity index (χ0n) is 8.06. The Morgan fingerprint density at radius 1 is 1.27 bits per heavy atom. The van der Waals surface area contributed by atoms with E-state index in [1.807, 2.05) is 0 Å². The van der Waals surface area contributed by atoms with Crippen LogP contribution in [0.2, 0.25) is 0 Å². The monoisotopic (exact) mass is 223 g/mol. The van der Waals surface area contributed by atoms with E-state index in [4.69, 9.17) is 0 Å². The summed E-state index contributed by atoms with van der Waals surface area (Å²) in [6, 6.07) is 0.558. The number of nitrogens with zero attached hydrogens (tertiary/aromatic N) is 1. The number of rotatable bonds is 1. The molecule has 0 saturated carbocycles. The van der Waals surface area contributed by atoms with Crippen molar-refractivity contribution >= 4 is 0 Å². The minimum atomic E-state index is -4.60. The van der Waals surface area contributed by atoms with Gasteiger partial charge in [-0.2, -0.15) is 17.6 Å². The molecule has 0 aliphatic rings. The molecule has 0 aliphatic carbocycles. The van der Waals surface area contributed by atoms with E-state index in [9.17, 15) is 22.7 Å². The summed E-state index contributed by atoms with van der Waals surface area (Å²) >= 11 is 0. The average Bonchev–Trinajstić information content (AvgIpc) is 2.00. The first-order chi connectivity index (χ1) is 6.62. The first-order valence-electron chi connectivity index (χ1n) is 4.08. The first kappa shape index (κ1) is 11.9. The van der Waals surface area contributed by atoms with Gasteiger partial charge in [0.1, 0.15) is 0 Å². The number of hydrogen-bond acceptors (Lipinski definition) is 2. The fourth-order valence-corrected chi connectivity index (χ4v) is 1.03. The molecule has 6 heteroatoms. The summed E-state index contributed by atoms with van der Waals surface area (Å²) in [6.07, 6.45) is -4.20. The van der Waals surface area contributed by atoms with Crippen LogP contribution in [-0.4, -0.2) is 10.1 Å². The quantitative estimate of drug-likeness (QED) is 0.586. The summed E-state index contributed by atoms with van der Waals surface area (Å²) in [5.74, 6) is -1.10. The summed E-state index contributed by atoms with van der Waals surface area (Å²) in [7, 11) is 0. The molecule has 0 unspecified atom stereocenters. The molecule has 0 atom stereocenters. The lowest BCUT2D eigenvalue weighted by atomic mass is 9.98. The van der Waals surface area contributed by atoms with Crippen LogP contribution < -0.4 is 0 Å². The fraction of sp³-hybridized carbons (Fsp3) is 0.444. The number of aromatic nitrogens is 1. The summed E-state index contributed by atoms with van der Waals surface area (Å²) in [5, 5.41) is 9.41. The highest BCUT2D eigenvalue weighted by Crippen LogP contribution is 2.32. The molecule has 1 aromatic rings. The second-order valence-electron chi connectivity index (χ2n) is 3.62. The van der Waals surface area contributed by atoms with Crippen molar-refractivity contribution in [3.63, 3.8) is 0 Å². The van der Waals surface area contributed by atoms with Crippen LogP contribution in [-0.2, 0) is 11.8 Å². The topological polar surface area (TPSA) is 33.1 Å². The molecule has 0 spiro atoms. The van der Waals surface area contributed by atoms with E-state index in [0.29, 0.717) is 12.3 Å². The lowest BCUT2D eigenvalue weighted by molar-refractivity contribution is -0.138. The van der Waals surface area contributed by atoms with E-state index in [1.54, 1.807) is 0 Å². The zero-order valence-corrected chi connectivity index (χ0v) is 8.06. The third-order valence-electron chi connectivity index (χ3n) is 1.83. The van der Waals surface area contributed by atoms with E-state index in [1.165, 1.54) is 13.8 Å². The highest BCUT2D eigenvalue weighted by molar-refractivity contribution is 5.25. The molecule has 1 N–H and O–H groups in total. The third kappa shape index (κ3) is 2.65. The highest BCUT2D eigenvalue weighted by Gasteiger charge is 2.33. The maximum absolute atomic E-state index is 13.0. The number of halogens is 4. The van der Waals surface area contributed by atoms with Crippen LogP contribution in [0.3, 0.4) is 0 Å². The van der Waals surface area contributed by atoms with Crippen LogP contribution in [0.25, 0.3) is 0 Å². The first-order valence-corrected chi connectivity index (χ1v) is 4.08. The van der Waals surface area contributed by atoms with Crippen molar-refractivity contribution in [1.29, 1.82) is 0 Å². The molecule has 0 bridgehead atoms. The van der Waals surface area contributed by atoms with Crippen LogP contribution in [0.5, 0.6) is 0 Å². The van der Waals surface area contributed by atoms with Gasteiger partial charge in [0.05, 0.1) is 11.2 Å². The molecule has 2 nitrogen and oxygen atoms in total. The molecule has 0 amide bonds. The van der Waals surface area contributed by atoms with Crippen LogP contribution in [0.15, 0.2) is 12.3 Å². The van der Waals surface area contributed by atoms with Gasteiger partial charge in [0.2, 0.25) is 5.95 Å². The van der Waals surface area contributed by atoms with Crippen molar-refractivity contribution in [3.8, 4) is 0 Å². The Morgan fingerprint density at radius 3 is 2.20 bits per heavy atom. The smallest absolute Gasteiger partial charge is 0.386 e. The van der Waals surface area contributed by atoms with Crippen LogP contribution in [0.1, 0.15) is 25.0 Å². The molecular formula is C9H9F4NO. The summed E-state index contributed by atoms with van der Waals surface area (Å²) in [4.78, 5) is 2.97. The highest BCUT2D eigenvalue weighted by atomic mass is 19.4. The average molecular weight is 223 g/mol. The van der Waals surface area contributed by atoms with E-state index >= 15 is 0 Å². The van der Waals surface area contributed by atoms with E-state index in [-0.39, 0.29) is 0 Å². The minimum absolute atomic E-state index is 0.393. The van der Waals surface area contributed by atoms with Crippen molar-refractivity contribution in [2.24, 2.45) is 0 Å². The van der Waals surface area contributed by atoms with Gasteiger partial charge in [-0.15, -0.1) is 0 Å². The SMILES string of the molecule is CC(C)(O)c1cc(C(F)(F)F)cnc1F. The molecule has 15 heavy (non-hydrogen) atoms. The third-order valence-corrected chi connectivity index (χ3v) is 1.83. The van der Waals surface area contributed by atoms with Crippen molar-refractivity contribution in [2.75, 3.05) is 0 Å². The second kappa shape index (κ2) is 3.44. The van der Waals surface area contributed by atoms with E-state index in [2.05, 4.69) is 4.98 Å². The predicted molar refractivity (Wildman–Crippen MR) is 44.4 cm³/mol. The molecular weight excluding hydrogens is 214 g/mol. The Morgan fingerprint density at radius 2 is 1.80 bits per heavy atom. The molecule has 0 fully saturated rings. The van der Waals surface area contributed by atoms with E-state index < -0.39 is 28.9 Å². The maximum atomic E-state index is 13.0. The van der Waals surface area contributed by atoms with Gasteiger partial charge >= 0.3 is 6.18 Å². The molecule has 0 aliphatic heterocycles. The minimum Gasteiger partial charge on any atom is -0.386 e. The van der Waals surface area contributed by atoms with Gasteiger partial charge in [-0.05, 0) is 19.9 Å². The lowest BCUT2D eigenvalue weighted by Gasteiger charge is -2.19. The molecule has 1 aromatic heterocycles. The van der Waals surface area contributed by atoms with Crippen molar-refractivity contribution in [2.45, 2.75) is 25.6 Å². The molecule has 0 saturated heterocycles. The van der Waals surface area contributed by atoms with Crippen LogP contribution >= 0.6 is 0 Å². The van der Waals surface area contributed by atoms with Crippen molar-refractivity contribution in [3.05, 3.63) is 29.3 Å². The van der Waals surface area contributed by atoms with Crippen LogP contribution in [0.4, 0.5) is 17.6 Å². The maximum Gasteiger partial charge on any atom is 0.417 e. The van der Waals surface area contributed by atoms with Crippen molar-refractivity contribution < 1.29 is 22.7 Å². The van der Waals surface area contributed by atoms with Gasteiger partial charge in [-0.1, -0.05) is 0 Å². The molecule has 0 aromatic carbocycles. The standard InChI is InChI=1S/C9H9F4NO/c1-8(2,15)6-3-5(9(11,12)13)4-14-7(6)10/h3-4,15H,1-2H3. The Balaban J connectivity index is 3.30. The molecule has 1 rings (SSSR count). The molecule has 0 radical (unpaired) electrons. The number of aliphatic hydroxyl groups is 1. The predicted octanol–water partition coefficient (Wildman–Crippen LogP) is 2.47. The second-order valence-corrected chi connectivity index (χ2v) is 3.62. The number of hydrogen-bond donors (Lipinski definition) is 1. The summed E-state index contributed by atoms with van der Waals surface area (Å²) in [6.45, 7) is 2.38. The largest absolute Gasteiger partial charge is 0.417 e. The molecule has 84 valence electrons. The number of alkyl halides is 3.